The number of anilines is 1. The monoisotopic (exact) mass is 379 g/mol. The van der Waals surface area contributed by atoms with E-state index in [2.05, 4.69) is 42.6 Å². The quantitative estimate of drug-likeness (QED) is 0.754. The number of aryl methyl sites for hydroxylation is 1. The van der Waals surface area contributed by atoms with Gasteiger partial charge >= 0.3 is 0 Å². The maximum Gasteiger partial charge on any atom is 0.166 e. The minimum atomic E-state index is 0.145. The van der Waals surface area contributed by atoms with Crippen LogP contribution in [0.4, 0.5) is 5.69 Å². The molecule has 0 amide bonds. The summed E-state index contributed by atoms with van der Waals surface area (Å²) < 4.78 is 18.4. The van der Waals surface area contributed by atoms with Crippen molar-refractivity contribution in [3.05, 3.63) is 53.1 Å². The van der Waals surface area contributed by atoms with Gasteiger partial charge in [0.1, 0.15) is 0 Å². The molecule has 0 radical (unpaired) electrons. The topological polar surface area (TPSA) is 39.7 Å². The van der Waals surface area contributed by atoms with Gasteiger partial charge in [0.05, 0.1) is 25.4 Å². The van der Waals surface area contributed by atoms with Gasteiger partial charge in [-0.1, -0.05) is 29.8 Å². The average molecular weight is 380 g/mol. The van der Waals surface area contributed by atoms with E-state index in [4.69, 9.17) is 14.2 Å². The van der Waals surface area contributed by atoms with Crippen LogP contribution < -0.4 is 14.8 Å². The Labute approximate surface area is 167 Å². The van der Waals surface area contributed by atoms with Crippen LogP contribution in [0, 0.1) is 12.8 Å². The van der Waals surface area contributed by atoms with Crippen molar-refractivity contribution in [2.24, 2.45) is 5.92 Å². The molecule has 2 aromatic carbocycles. The number of para-hydroxylation sites is 1. The third-order valence-corrected chi connectivity index (χ3v) is 6.54. The summed E-state index contributed by atoms with van der Waals surface area (Å²) >= 11 is 0. The lowest BCUT2D eigenvalue weighted by molar-refractivity contribution is 0.0823. The van der Waals surface area contributed by atoms with E-state index in [-0.39, 0.29) is 12.1 Å². The Hall–Kier alpha value is -2.20. The van der Waals surface area contributed by atoms with Crippen LogP contribution in [-0.4, -0.2) is 19.8 Å². The molecule has 2 fully saturated rings. The zero-order valence-electron chi connectivity index (χ0n) is 16.7. The minimum Gasteiger partial charge on any atom is -0.493 e. The van der Waals surface area contributed by atoms with Crippen LogP contribution in [0.2, 0.25) is 0 Å². The van der Waals surface area contributed by atoms with Crippen LogP contribution in [0.25, 0.3) is 0 Å². The molecule has 1 saturated carbocycles. The van der Waals surface area contributed by atoms with E-state index >= 15 is 0 Å². The molecule has 1 aliphatic carbocycles. The summed E-state index contributed by atoms with van der Waals surface area (Å²) in [6.07, 6.45) is 6.26. The minimum absolute atomic E-state index is 0.145. The third kappa shape index (κ3) is 3.04. The lowest BCUT2D eigenvalue weighted by Gasteiger charge is -2.37. The number of hydrogen-bond donors (Lipinski definition) is 1. The molecule has 2 heterocycles. The predicted octanol–water partition coefficient (Wildman–Crippen LogP) is 5.57. The highest BCUT2D eigenvalue weighted by atomic mass is 16.5. The van der Waals surface area contributed by atoms with Gasteiger partial charge in [0.2, 0.25) is 0 Å². The second-order valence-electron chi connectivity index (χ2n) is 8.36. The highest BCUT2D eigenvalue weighted by molar-refractivity contribution is 5.60. The number of nitrogens with one attached hydrogen (secondary N) is 1. The molecule has 5 rings (SSSR count). The van der Waals surface area contributed by atoms with Gasteiger partial charge in [-0.3, -0.25) is 0 Å². The number of fused-ring (bicyclic) bond motifs is 3. The molecule has 0 aromatic heterocycles. The Bertz CT molecular complexity index is 859. The van der Waals surface area contributed by atoms with Gasteiger partial charge in [-0.15, -0.1) is 0 Å². The van der Waals surface area contributed by atoms with Crippen LogP contribution >= 0.6 is 0 Å². The highest BCUT2D eigenvalue weighted by Crippen LogP contribution is 2.52. The van der Waals surface area contributed by atoms with E-state index in [1.54, 1.807) is 7.11 Å². The molecule has 148 valence electrons. The number of benzene rings is 2. The van der Waals surface area contributed by atoms with Gasteiger partial charge in [-0.25, -0.2) is 0 Å². The maximum absolute atomic E-state index is 6.53. The summed E-state index contributed by atoms with van der Waals surface area (Å²) in [5, 5.41) is 3.81. The predicted molar refractivity (Wildman–Crippen MR) is 110 cm³/mol. The smallest absolute Gasteiger partial charge is 0.166 e. The van der Waals surface area contributed by atoms with Crippen LogP contribution in [0.3, 0.4) is 0 Å². The van der Waals surface area contributed by atoms with Gasteiger partial charge in [0, 0.05) is 29.3 Å². The van der Waals surface area contributed by atoms with Crippen molar-refractivity contribution in [1.29, 1.82) is 0 Å². The first-order valence-corrected chi connectivity index (χ1v) is 10.6. The first-order chi connectivity index (χ1) is 13.7. The molecule has 4 heteroatoms. The van der Waals surface area contributed by atoms with Crippen molar-refractivity contribution in [2.45, 2.75) is 57.3 Å². The number of ether oxygens (including phenoxy) is 3. The third-order valence-electron chi connectivity index (χ3n) is 6.54. The molecule has 1 N–H and O–H groups in total. The highest BCUT2D eigenvalue weighted by Gasteiger charge is 2.43. The fourth-order valence-corrected chi connectivity index (χ4v) is 5.14. The van der Waals surface area contributed by atoms with Crippen molar-refractivity contribution in [3.8, 4) is 11.5 Å². The first kappa shape index (κ1) is 17.9. The zero-order chi connectivity index (χ0) is 19.1. The Morgan fingerprint density at radius 3 is 2.71 bits per heavy atom. The Morgan fingerprint density at radius 2 is 1.89 bits per heavy atom. The molecule has 3 aliphatic rings. The molecule has 28 heavy (non-hydrogen) atoms. The summed E-state index contributed by atoms with van der Waals surface area (Å²) in [5.41, 5.74) is 4.94. The molecular weight excluding hydrogens is 350 g/mol. The average Bonchev–Trinajstić information content (AvgIpc) is 3.40. The Kier molecular flexibility index (Phi) is 4.67. The standard InChI is InChI=1S/C24H29NO3/c1-15-10-11-20-19(14-15)23-18(12-13-27-23)22(25-20)17-8-5-9-21(26-2)24(17)28-16-6-3-4-7-16/h5,8-11,14,16,18,22-23,25H,3-4,6-7,12-13H2,1-2H3/t18-,22+,23-/m0/s1. The zero-order valence-corrected chi connectivity index (χ0v) is 16.7. The van der Waals surface area contributed by atoms with Gasteiger partial charge in [0.15, 0.2) is 11.5 Å². The summed E-state index contributed by atoms with van der Waals surface area (Å²) in [4.78, 5) is 0. The van der Waals surface area contributed by atoms with Crippen LogP contribution in [0.5, 0.6) is 11.5 Å². The van der Waals surface area contributed by atoms with Gasteiger partial charge in [-0.2, -0.15) is 0 Å². The number of rotatable bonds is 4. The first-order valence-electron chi connectivity index (χ1n) is 10.6. The van der Waals surface area contributed by atoms with Gasteiger partial charge in [0.25, 0.3) is 0 Å². The maximum atomic E-state index is 6.53. The lowest BCUT2D eigenvalue weighted by atomic mass is 9.80. The number of hydrogen-bond acceptors (Lipinski definition) is 4. The summed E-state index contributed by atoms with van der Waals surface area (Å²) in [7, 11) is 1.73. The SMILES string of the molecule is COc1cccc([C@H]2Nc3ccc(C)cc3[C@H]3OCC[C@@H]23)c1OC1CCCC1. The molecule has 3 atom stereocenters. The summed E-state index contributed by atoms with van der Waals surface area (Å²) in [6.45, 7) is 2.95. The van der Waals surface area contributed by atoms with Crippen molar-refractivity contribution < 1.29 is 14.2 Å². The second kappa shape index (κ2) is 7.32. The van der Waals surface area contributed by atoms with E-state index in [9.17, 15) is 0 Å². The van der Waals surface area contributed by atoms with Crippen LogP contribution in [-0.2, 0) is 4.74 Å². The van der Waals surface area contributed by atoms with Gasteiger partial charge in [-0.05, 0) is 51.2 Å². The largest absolute Gasteiger partial charge is 0.493 e. The molecule has 4 nitrogen and oxygen atoms in total. The van der Waals surface area contributed by atoms with Crippen molar-refractivity contribution in [2.75, 3.05) is 19.0 Å². The van der Waals surface area contributed by atoms with E-state index in [1.807, 2.05) is 6.07 Å². The molecule has 0 bridgehead atoms. The van der Waals surface area contributed by atoms with Gasteiger partial charge < -0.3 is 19.5 Å². The summed E-state index contributed by atoms with van der Waals surface area (Å²) in [6, 6.07) is 13.1. The second-order valence-corrected chi connectivity index (χ2v) is 8.36. The van der Waals surface area contributed by atoms with E-state index in [0.717, 1.165) is 37.4 Å². The van der Waals surface area contributed by atoms with E-state index < -0.39 is 0 Å². The van der Waals surface area contributed by atoms with Crippen molar-refractivity contribution >= 4 is 5.69 Å². The fourth-order valence-electron chi connectivity index (χ4n) is 5.14. The van der Waals surface area contributed by atoms with E-state index in [1.165, 1.54) is 35.2 Å². The summed E-state index contributed by atoms with van der Waals surface area (Å²) in [5.74, 6) is 2.14. The van der Waals surface area contributed by atoms with Crippen LogP contribution in [0.15, 0.2) is 36.4 Å². The molecule has 1 saturated heterocycles. The Morgan fingerprint density at radius 1 is 1.04 bits per heavy atom. The molecule has 2 aliphatic heterocycles. The lowest BCUT2D eigenvalue weighted by Crippen LogP contribution is -2.30. The fraction of sp³-hybridized carbons (Fsp3) is 0.500. The molecule has 2 aromatic rings. The Balaban J connectivity index is 1.56. The molecule has 0 spiro atoms. The van der Waals surface area contributed by atoms with Crippen LogP contribution in [0.1, 0.15) is 60.9 Å². The van der Waals surface area contributed by atoms with Crippen molar-refractivity contribution in [1.82, 2.24) is 0 Å². The van der Waals surface area contributed by atoms with Crippen molar-refractivity contribution in [3.63, 3.8) is 0 Å². The van der Waals surface area contributed by atoms with E-state index in [0.29, 0.717) is 12.0 Å². The number of methoxy groups -OCH3 is 1. The molecular formula is C24H29NO3. The molecule has 0 unspecified atom stereocenters. The normalized spacial score (nSPS) is 26.4.